The van der Waals surface area contributed by atoms with Crippen molar-refractivity contribution in [2.45, 2.75) is 51.6 Å². The standard InChI is InChI=1S/C18H24N4O/c1-12-9-16(13(2)22(12)15-6-7-15)18(23)21-8-4-5-17(21)14-10-19-20(3)11-14/h9-11,15,17H,4-8H2,1-3H3. The van der Waals surface area contributed by atoms with Crippen molar-refractivity contribution in [2.75, 3.05) is 6.54 Å². The molecule has 122 valence electrons. The lowest BCUT2D eigenvalue weighted by atomic mass is 10.1. The Morgan fingerprint density at radius 3 is 2.70 bits per heavy atom. The molecule has 2 aromatic heterocycles. The molecule has 5 heteroatoms. The van der Waals surface area contributed by atoms with Crippen LogP contribution in [0.3, 0.4) is 0 Å². The molecule has 1 atom stereocenters. The van der Waals surface area contributed by atoms with Gasteiger partial charge in [0.2, 0.25) is 0 Å². The van der Waals surface area contributed by atoms with Gasteiger partial charge in [0.1, 0.15) is 0 Å². The lowest BCUT2D eigenvalue weighted by molar-refractivity contribution is 0.0734. The molecule has 2 fully saturated rings. The van der Waals surface area contributed by atoms with Gasteiger partial charge in [-0.2, -0.15) is 5.10 Å². The number of likely N-dealkylation sites (tertiary alicyclic amines) is 1. The fourth-order valence-corrected chi connectivity index (χ4v) is 4.01. The molecule has 0 spiro atoms. The molecule has 1 aliphatic carbocycles. The Morgan fingerprint density at radius 2 is 2.04 bits per heavy atom. The lowest BCUT2D eigenvalue weighted by Crippen LogP contribution is -2.30. The molecule has 4 rings (SSSR count). The van der Waals surface area contributed by atoms with Crippen molar-refractivity contribution >= 4 is 5.91 Å². The average Bonchev–Trinajstić information content (AvgIpc) is 2.96. The molecular formula is C18H24N4O. The molecule has 1 aliphatic heterocycles. The van der Waals surface area contributed by atoms with Crippen LogP contribution in [0.25, 0.3) is 0 Å². The van der Waals surface area contributed by atoms with Gasteiger partial charge in [0.25, 0.3) is 5.91 Å². The number of hydrogen-bond acceptors (Lipinski definition) is 2. The van der Waals surface area contributed by atoms with Crippen molar-refractivity contribution in [1.29, 1.82) is 0 Å². The second-order valence-corrected chi connectivity index (χ2v) is 6.99. The maximum Gasteiger partial charge on any atom is 0.256 e. The molecule has 23 heavy (non-hydrogen) atoms. The van der Waals surface area contributed by atoms with Crippen LogP contribution in [-0.4, -0.2) is 31.7 Å². The van der Waals surface area contributed by atoms with Crippen molar-refractivity contribution in [1.82, 2.24) is 19.2 Å². The minimum Gasteiger partial charge on any atom is -0.345 e. The summed E-state index contributed by atoms with van der Waals surface area (Å²) in [6, 6.07) is 2.86. The number of rotatable bonds is 3. The van der Waals surface area contributed by atoms with Crippen molar-refractivity contribution in [2.24, 2.45) is 7.05 Å². The normalized spacial score (nSPS) is 21.2. The maximum absolute atomic E-state index is 13.2. The first-order valence-electron chi connectivity index (χ1n) is 8.54. The van der Waals surface area contributed by atoms with Crippen LogP contribution in [-0.2, 0) is 7.05 Å². The Morgan fingerprint density at radius 1 is 1.26 bits per heavy atom. The van der Waals surface area contributed by atoms with Gasteiger partial charge in [0.15, 0.2) is 0 Å². The summed E-state index contributed by atoms with van der Waals surface area (Å²) in [5, 5.41) is 4.27. The molecule has 1 unspecified atom stereocenters. The molecule has 1 saturated heterocycles. The van der Waals surface area contributed by atoms with Crippen molar-refractivity contribution in [3.63, 3.8) is 0 Å². The van der Waals surface area contributed by atoms with Crippen LogP contribution in [0.15, 0.2) is 18.5 Å². The highest BCUT2D eigenvalue weighted by atomic mass is 16.2. The van der Waals surface area contributed by atoms with E-state index in [1.54, 1.807) is 0 Å². The number of carbonyl (C=O) groups is 1. The van der Waals surface area contributed by atoms with Crippen LogP contribution in [0.2, 0.25) is 0 Å². The number of amides is 1. The zero-order valence-electron chi connectivity index (χ0n) is 14.1. The Balaban J connectivity index is 1.64. The Labute approximate surface area is 136 Å². The number of nitrogens with zero attached hydrogens (tertiary/aromatic N) is 4. The van der Waals surface area contributed by atoms with Crippen molar-refractivity contribution in [3.8, 4) is 0 Å². The fourth-order valence-electron chi connectivity index (χ4n) is 4.01. The molecule has 0 aromatic carbocycles. The lowest BCUT2D eigenvalue weighted by Gasteiger charge is -2.24. The smallest absolute Gasteiger partial charge is 0.256 e. The molecule has 0 N–H and O–H groups in total. The van der Waals surface area contributed by atoms with Gasteiger partial charge < -0.3 is 9.47 Å². The van der Waals surface area contributed by atoms with Gasteiger partial charge in [-0.15, -0.1) is 0 Å². The van der Waals surface area contributed by atoms with Gasteiger partial charge >= 0.3 is 0 Å². The van der Waals surface area contributed by atoms with E-state index in [0.717, 1.165) is 36.2 Å². The first-order valence-corrected chi connectivity index (χ1v) is 8.54. The number of carbonyl (C=O) groups excluding carboxylic acids is 1. The van der Waals surface area contributed by atoms with E-state index in [4.69, 9.17) is 0 Å². The van der Waals surface area contributed by atoms with Crippen LogP contribution in [0.1, 0.15) is 65.1 Å². The molecule has 2 aliphatic rings. The molecule has 3 heterocycles. The summed E-state index contributed by atoms with van der Waals surface area (Å²) in [4.78, 5) is 15.2. The first-order chi connectivity index (χ1) is 11.1. The van der Waals surface area contributed by atoms with Gasteiger partial charge in [-0.1, -0.05) is 0 Å². The minimum absolute atomic E-state index is 0.167. The minimum atomic E-state index is 0.167. The van der Waals surface area contributed by atoms with Gasteiger partial charge in [-0.3, -0.25) is 9.48 Å². The van der Waals surface area contributed by atoms with Crippen LogP contribution >= 0.6 is 0 Å². The van der Waals surface area contributed by atoms with E-state index in [2.05, 4.69) is 29.6 Å². The van der Waals surface area contributed by atoms with Gasteiger partial charge in [-0.05, 0) is 45.6 Å². The van der Waals surface area contributed by atoms with Crippen LogP contribution in [0, 0.1) is 13.8 Å². The summed E-state index contributed by atoms with van der Waals surface area (Å²) >= 11 is 0. The summed E-state index contributed by atoms with van der Waals surface area (Å²) in [7, 11) is 1.92. The number of aromatic nitrogens is 3. The fraction of sp³-hybridized carbons (Fsp3) is 0.556. The van der Waals surface area contributed by atoms with Gasteiger partial charge in [0, 0.05) is 42.8 Å². The predicted molar refractivity (Wildman–Crippen MR) is 88.4 cm³/mol. The quantitative estimate of drug-likeness (QED) is 0.874. The van der Waals surface area contributed by atoms with Crippen molar-refractivity contribution in [3.05, 3.63) is 41.0 Å². The van der Waals surface area contributed by atoms with E-state index >= 15 is 0 Å². The maximum atomic E-state index is 13.2. The van der Waals surface area contributed by atoms with E-state index in [1.165, 1.54) is 18.5 Å². The summed E-state index contributed by atoms with van der Waals surface area (Å²) in [6.07, 6.45) is 8.50. The molecule has 5 nitrogen and oxygen atoms in total. The Bertz CT molecular complexity index is 753. The van der Waals surface area contributed by atoms with Crippen LogP contribution in [0.5, 0.6) is 0 Å². The number of hydrogen-bond donors (Lipinski definition) is 0. The molecule has 2 aromatic rings. The SMILES string of the molecule is Cc1cc(C(=O)N2CCCC2c2cnn(C)c2)c(C)n1C1CC1. The summed E-state index contributed by atoms with van der Waals surface area (Å²) in [5.74, 6) is 0.177. The van der Waals surface area contributed by atoms with E-state index in [-0.39, 0.29) is 11.9 Å². The molecule has 1 saturated carbocycles. The highest BCUT2D eigenvalue weighted by Crippen LogP contribution is 2.39. The van der Waals surface area contributed by atoms with E-state index in [1.807, 2.05) is 29.0 Å². The highest BCUT2D eigenvalue weighted by Gasteiger charge is 2.34. The largest absolute Gasteiger partial charge is 0.345 e. The zero-order chi connectivity index (χ0) is 16.1. The Kier molecular flexibility index (Phi) is 3.32. The Hall–Kier alpha value is -2.04. The monoisotopic (exact) mass is 312 g/mol. The zero-order valence-corrected chi connectivity index (χ0v) is 14.1. The third-order valence-electron chi connectivity index (χ3n) is 5.25. The summed E-state index contributed by atoms with van der Waals surface area (Å²) in [5.41, 5.74) is 4.37. The second-order valence-electron chi connectivity index (χ2n) is 6.99. The predicted octanol–water partition coefficient (Wildman–Crippen LogP) is 3.15. The molecule has 1 amide bonds. The summed E-state index contributed by atoms with van der Waals surface area (Å²) < 4.78 is 4.16. The first kappa shape index (κ1) is 14.5. The molecule has 0 radical (unpaired) electrons. The van der Waals surface area contributed by atoms with Crippen LogP contribution < -0.4 is 0 Å². The summed E-state index contributed by atoms with van der Waals surface area (Å²) in [6.45, 7) is 5.05. The molecular weight excluding hydrogens is 288 g/mol. The van der Waals surface area contributed by atoms with E-state index < -0.39 is 0 Å². The second kappa shape index (κ2) is 5.25. The average molecular weight is 312 g/mol. The molecule has 0 bridgehead atoms. The topological polar surface area (TPSA) is 43.1 Å². The van der Waals surface area contributed by atoms with E-state index in [0.29, 0.717) is 6.04 Å². The van der Waals surface area contributed by atoms with Crippen LogP contribution in [0.4, 0.5) is 0 Å². The van der Waals surface area contributed by atoms with E-state index in [9.17, 15) is 4.79 Å². The third-order valence-corrected chi connectivity index (χ3v) is 5.25. The van der Waals surface area contributed by atoms with Gasteiger partial charge in [0.05, 0.1) is 17.8 Å². The third kappa shape index (κ3) is 2.38. The van der Waals surface area contributed by atoms with Gasteiger partial charge in [-0.25, -0.2) is 0 Å². The van der Waals surface area contributed by atoms with Crippen molar-refractivity contribution < 1.29 is 4.79 Å². The number of aryl methyl sites for hydroxylation is 2. The highest BCUT2D eigenvalue weighted by molar-refractivity contribution is 5.96.